The molecule has 0 spiro atoms. The summed E-state index contributed by atoms with van der Waals surface area (Å²) in [4.78, 5) is 0.0701. The molecule has 0 aliphatic heterocycles. The third-order valence-electron chi connectivity index (χ3n) is 3.84. The smallest absolute Gasteiger partial charge is 0.261 e. The quantitative estimate of drug-likeness (QED) is 0.715. The molecule has 2 aromatic carbocycles. The van der Waals surface area contributed by atoms with Gasteiger partial charge in [-0.15, -0.1) is 5.10 Å². The normalized spacial score (nSPS) is 11.5. The van der Waals surface area contributed by atoms with Crippen LogP contribution in [0.15, 0.2) is 47.4 Å². The maximum atomic E-state index is 14.1. The van der Waals surface area contributed by atoms with Crippen LogP contribution in [0, 0.1) is 12.7 Å². The molecule has 1 N–H and O–H groups in total. The van der Waals surface area contributed by atoms with E-state index in [1.165, 1.54) is 35.0 Å². The van der Waals surface area contributed by atoms with Crippen LogP contribution in [0.3, 0.4) is 0 Å². The van der Waals surface area contributed by atoms with E-state index < -0.39 is 15.8 Å². The van der Waals surface area contributed by atoms with Crippen molar-refractivity contribution in [3.05, 3.63) is 59.7 Å². The topological polar surface area (TPSA) is 89.8 Å². The van der Waals surface area contributed by atoms with Crippen LogP contribution in [0.2, 0.25) is 0 Å². The number of nitrogens with one attached hydrogen (secondary N) is 1. The van der Waals surface area contributed by atoms with Crippen molar-refractivity contribution in [2.45, 2.75) is 31.6 Å². The molecule has 136 valence electrons. The second-order valence-electron chi connectivity index (χ2n) is 5.80. The fraction of sp³-hybridized carbons (Fsp3) is 0.235. The molecule has 1 aromatic heterocycles. The number of anilines is 1. The Bertz CT molecular complexity index is 1020. The van der Waals surface area contributed by atoms with Gasteiger partial charge >= 0.3 is 0 Å². The summed E-state index contributed by atoms with van der Waals surface area (Å²) in [6.07, 6.45) is 1.84. The first-order chi connectivity index (χ1) is 12.4. The molecule has 3 aromatic rings. The zero-order valence-electron chi connectivity index (χ0n) is 14.3. The average Bonchev–Trinajstić information content (AvgIpc) is 3.03. The van der Waals surface area contributed by atoms with Crippen LogP contribution >= 0.6 is 0 Å². The average molecular weight is 375 g/mol. The van der Waals surface area contributed by atoms with Crippen molar-refractivity contribution in [3.8, 4) is 5.69 Å². The van der Waals surface area contributed by atoms with Crippen LogP contribution in [-0.2, 0) is 16.4 Å². The summed E-state index contributed by atoms with van der Waals surface area (Å²) in [7, 11) is -3.91. The highest BCUT2D eigenvalue weighted by atomic mass is 32.2. The number of aromatic nitrogens is 4. The van der Waals surface area contributed by atoms with Crippen LogP contribution in [0.5, 0.6) is 0 Å². The standard InChI is InChI=1S/C17H18FN5O2S/c1-3-4-13-5-8-15(9-6-13)26(24,25)20-17-11-14(7-10-16(17)18)23-12(2)19-21-22-23/h5-11,20H,3-4H2,1-2H3. The predicted octanol–water partition coefficient (Wildman–Crippen LogP) is 2.86. The molecule has 0 fully saturated rings. The Hall–Kier alpha value is -2.81. The first-order valence-electron chi connectivity index (χ1n) is 8.07. The lowest BCUT2D eigenvalue weighted by Gasteiger charge is -2.11. The minimum Gasteiger partial charge on any atom is -0.277 e. The second kappa shape index (κ2) is 7.20. The number of rotatable bonds is 6. The molecule has 0 saturated heterocycles. The Morgan fingerprint density at radius 3 is 2.50 bits per heavy atom. The van der Waals surface area contributed by atoms with Gasteiger partial charge < -0.3 is 0 Å². The lowest BCUT2D eigenvalue weighted by atomic mass is 10.1. The molecule has 0 aliphatic rings. The highest BCUT2D eigenvalue weighted by Gasteiger charge is 2.17. The molecule has 0 aliphatic carbocycles. The van der Waals surface area contributed by atoms with Crippen LogP contribution in [-0.4, -0.2) is 28.6 Å². The molecule has 0 bridgehead atoms. The van der Waals surface area contributed by atoms with Crippen molar-refractivity contribution in [1.82, 2.24) is 20.2 Å². The molecule has 3 rings (SSSR count). The monoisotopic (exact) mass is 375 g/mol. The van der Waals surface area contributed by atoms with Crippen LogP contribution < -0.4 is 4.72 Å². The van der Waals surface area contributed by atoms with E-state index in [1.807, 2.05) is 6.92 Å². The van der Waals surface area contributed by atoms with E-state index in [4.69, 9.17) is 0 Å². The lowest BCUT2D eigenvalue weighted by Crippen LogP contribution is -2.14. The molecule has 1 heterocycles. The van der Waals surface area contributed by atoms with Gasteiger partial charge in [0.15, 0.2) is 5.82 Å². The molecule has 0 atom stereocenters. The highest BCUT2D eigenvalue weighted by molar-refractivity contribution is 7.92. The second-order valence-corrected chi connectivity index (χ2v) is 7.48. The van der Waals surface area contributed by atoms with Gasteiger partial charge in [-0.25, -0.2) is 12.8 Å². The van der Waals surface area contributed by atoms with Crippen LogP contribution in [0.1, 0.15) is 24.7 Å². The molecule has 0 amide bonds. The predicted molar refractivity (Wildman–Crippen MR) is 95.1 cm³/mol. The Labute approximate surface area is 150 Å². The molecule has 0 unspecified atom stereocenters. The summed E-state index contributed by atoms with van der Waals surface area (Å²) in [5, 5.41) is 11.1. The number of hydrogen-bond donors (Lipinski definition) is 1. The Morgan fingerprint density at radius 1 is 1.15 bits per heavy atom. The third kappa shape index (κ3) is 3.72. The molecule has 26 heavy (non-hydrogen) atoms. The van der Waals surface area contributed by atoms with Gasteiger partial charge in [-0.2, -0.15) is 4.68 Å². The minimum absolute atomic E-state index is 0.0701. The van der Waals surface area contributed by atoms with Gasteiger partial charge in [0.2, 0.25) is 0 Å². The Morgan fingerprint density at radius 2 is 1.88 bits per heavy atom. The molecule has 7 nitrogen and oxygen atoms in total. The number of benzene rings is 2. The van der Waals surface area contributed by atoms with Crippen molar-refractivity contribution in [1.29, 1.82) is 0 Å². The molecule has 0 radical (unpaired) electrons. The molecule has 9 heteroatoms. The number of aryl methyl sites for hydroxylation is 2. The Balaban J connectivity index is 1.91. The van der Waals surface area contributed by atoms with Gasteiger partial charge in [0.25, 0.3) is 10.0 Å². The van der Waals surface area contributed by atoms with Crippen molar-refractivity contribution < 1.29 is 12.8 Å². The third-order valence-corrected chi connectivity index (χ3v) is 5.22. The minimum atomic E-state index is -3.91. The fourth-order valence-corrected chi connectivity index (χ4v) is 3.58. The van der Waals surface area contributed by atoms with Gasteiger partial charge in [0.1, 0.15) is 5.82 Å². The van der Waals surface area contributed by atoms with E-state index >= 15 is 0 Å². The SMILES string of the molecule is CCCc1ccc(S(=O)(=O)Nc2cc(-n3nnnc3C)ccc2F)cc1. The first kappa shape index (κ1) is 18.0. The zero-order chi connectivity index (χ0) is 18.7. The van der Waals surface area contributed by atoms with E-state index in [-0.39, 0.29) is 10.6 Å². The molecular weight excluding hydrogens is 357 g/mol. The van der Waals surface area contributed by atoms with E-state index in [9.17, 15) is 12.8 Å². The van der Waals surface area contributed by atoms with E-state index in [2.05, 4.69) is 20.2 Å². The summed E-state index contributed by atoms with van der Waals surface area (Å²) < 4.78 is 42.9. The summed E-state index contributed by atoms with van der Waals surface area (Å²) in [5.41, 5.74) is 1.33. The largest absolute Gasteiger partial charge is 0.277 e. The van der Waals surface area contributed by atoms with E-state index in [0.29, 0.717) is 11.5 Å². The van der Waals surface area contributed by atoms with Crippen LogP contribution in [0.4, 0.5) is 10.1 Å². The van der Waals surface area contributed by atoms with Gasteiger partial charge in [-0.05, 0) is 59.7 Å². The van der Waals surface area contributed by atoms with Gasteiger partial charge in [0, 0.05) is 0 Å². The van der Waals surface area contributed by atoms with Gasteiger partial charge in [-0.3, -0.25) is 4.72 Å². The number of hydrogen-bond acceptors (Lipinski definition) is 5. The summed E-state index contributed by atoms with van der Waals surface area (Å²) in [5.74, 6) is -0.192. The zero-order valence-corrected chi connectivity index (χ0v) is 15.2. The number of nitrogens with zero attached hydrogens (tertiary/aromatic N) is 4. The molecule has 0 saturated carbocycles. The maximum absolute atomic E-state index is 14.1. The lowest BCUT2D eigenvalue weighted by molar-refractivity contribution is 0.598. The summed E-state index contributed by atoms with van der Waals surface area (Å²) in [6.45, 7) is 3.74. The van der Waals surface area contributed by atoms with Gasteiger partial charge in [0.05, 0.1) is 16.3 Å². The van der Waals surface area contributed by atoms with Crippen molar-refractivity contribution >= 4 is 15.7 Å². The number of sulfonamides is 1. The fourth-order valence-electron chi connectivity index (χ4n) is 2.52. The van der Waals surface area contributed by atoms with Crippen molar-refractivity contribution in [3.63, 3.8) is 0 Å². The number of halogens is 1. The van der Waals surface area contributed by atoms with E-state index in [0.717, 1.165) is 18.4 Å². The summed E-state index contributed by atoms with van der Waals surface area (Å²) >= 11 is 0. The Kier molecular flexibility index (Phi) is 4.99. The maximum Gasteiger partial charge on any atom is 0.261 e. The van der Waals surface area contributed by atoms with Crippen molar-refractivity contribution in [2.24, 2.45) is 0 Å². The summed E-state index contributed by atoms with van der Waals surface area (Å²) in [6, 6.07) is 10.5. The van der Waals surface area contributed by atoms with Crippen LogP contribution in [0.25, 0.3) is 5.69 Å². The van der Waals surface area contributed by atoms with E-state index in [1.54, 1.807) is 19.1 Å². The van der Waals surface area contributed by atoms with Crippen molar-refractivity contribution in [2.75, 3.05) is 4.72 Å². The van der Waals surface area contributed by atoms with Gasteiger partial charge in [-0.1, -0.05) is 25.5 Å². The molecular formula is C17H18FN5O2S. The highest BCUT2D eigenvalue weighted by Crippen LogP contribution is 2.23. The number of tetrazole rings is 1. The first-order valence-corrected chi connectivity index (χ1v) is 9.55.